The SMILES string of the molecule is NC(=O)CN(CC(N)=O)C(=O)C(C(N)=S)c1ccccc1. The van der Waals surface area contributed by atoms with Crippen molar-refractivity contribution in [2.75, 3.05) is 13.1 Å². The molecule has 0 saturated heterocycles. The monoisotopic (exact) mass is 308 g/mol. The normalized spacial score (nSPS) is 11.4. The summed E-state index contributed by atoms with van der Waals surface area (Å²) in [5.74, 6) is -3.06. The Morgan fingerprint density at radius 3 is 1.86 bits per heavy atom. The van der Waals surface area contributed by atoms with E-state index in [4.69, 9.17) is 29.4 Å². The van der Waals surface area contributed by atoms with Gasteiger partial charge in [-0.05, 0) is 5.56 Å². The van der Waals surface area contributed by atoms with Crippen LogP contribution in [0, 0.1) is 0 Å². The van der Waals surface area contributed by atoms with Gasteiger partial charge in [0.1, 0.15) is 5.92 Å². The zero-order valence-corrected chi connectivity index (χ0v) is 12.0. The third-order valence-corrected chi connectivity index (χ3v) is 2.91. The van der Waals surface area contributed by atoms with E-state index in [9.17, 15) is 14.4 Å². The lowest BCUT2D eigenvalue weighted by molar-refractivity contribution is -0.138. The number of benzene rings is 1. The lowest BCUT2D eigenvalue weighted by Gasteiger charge is -2.25. The van der Waals surface area contributed by atoms with E-state index in [2.05, 4.69) is 0 Å². The first-order chi connectivity index (χ1) is 9.82. The molecule has 0 heterocycles. The standard InChI is InChI=1S/C13H16N4O3S/c14-9(18)6-17(7-10(15)19)13(20)11(12(16)21)8-4-2-1-3-5-8/h1-5,11H,6-7H2,(H2,14,18)(H2,15,19)(H2,16,21). The summed E-state index contributed by atoms with van der Waals surface area (Å²) >= 11 is 4.92. The van der Waals surface area contributed by atoms with Gasteiger partial charge in [-0.15, -0.1) is 0 Å². The maximum Gasteiger partial charge on any atom is 0.237 e. The smallest absolute Gasteiger partial charge is 0.237 e. The zero-order chi connectivity index (χ0) is 16.0. The first kappa shape index (κ1) is 16.6. The Morgan fingerprint density at radius 2 is 1.48 bits per heavy atom. The van der Waals surface area contributed by atoms with Crippen LogP contribution in [0.3, 0.4) is 0 Å². The highest BCUT2D eigenvalue weighted by Gasteiger charge is 2.29. The van der Waals surface area contributed by atoms with Crippen LogP contribution < -0.4 is 17.2 Å². The first-order valence-electron chi connectivity index (χ1n) is 6.02. The lowest BCUT2D eigenvalue weighted by Crippen LogP contribution is -2.47. The highest BCUT2D eigenvalue weighted by atomic mass is 32.1. The van der Waals surface area contributed by atoms with Gasteiger partial charge in [-0.3, -0.25) is 14.4 Å². The summed E-state index contributed by atoms with van der Waals surface area (Å²) in [5, 5.41) is 0. The van der Waals surface area contributed by atoms with Crippen LogP contribution in [0.1, 0.15) is 11.5 Å². The average molecular weight is 308 g/mol. The third kappa shape index (κ3) is 4.84. The van der Waals surface area contributed by atoms with Gasteiger partial charge in [0.2, 0.25) is 17.7 Å². The van der Waals surface area contributed by atoms with E-state index in [1.807, 2.05) is 0 Å². The van der Waals surface area contributed by atoms with Crippen molar-refractivity contribution in [1.82, 2.24) is 4.90 Å². The number of hydrogen-bond donors (Lipinski definition) is 3. The highest BCUT2D eigenvalue weighted by molar-refractivity contribution is 7.80. The molecular formula is C13H16N4O3S. The van der Waals surface area contributed by atoms with Gasteiger partial charge in [0, 0.05) is 0 Å². The molecule has 1 aromatic rings. The summed E-state index contributed by atoms with van der Waals surface area (Å²) in [7, 11) is 0. The summed E-state index contributed by atoms with van der Waals surface area (Å²) in [5.41, 5.74) is 16.3. The summed E-state index contributed by atoms with van der Waals surface area (Å²) in [6.45, 7) is -0.874. The topological polar surface area (TPSA) is 133 Å². The fourth-order valence-electron chi connectivity index (χ4n) is 1.84. The van der Waals surface area contributed by atoms with E-state index in [1.54, 1.807) is 30.3 Å². The molecule has 112 valence electrons. The van der Waals surface area contributed by atoms with Gasteiger partial charge in [-0.1, -0.05) is 42.5 Å². The maximum atomic E-state index is 12.5. The van der Waals surface area contributed by atoms with Gasteiger partial charge in [0.15, 0.2) is 0 Å². The Bertz CT molecular complexity index is 546. The van der Waals surface area contributed by atoms with Crippen LogP contribution >= 0.6 is 12.2 Å². The summed E-state index contributed by atoms with van der Waals surface area (Å²) in [4.78, 5) is 35.5. The molecule has 1 atom stereocenters. The van der Waals surface area contributed by atoms with Crippen molar-refractivity contribution in [3.8, 4) is 0 Å². The van der Waals surface area contributed by atoms with Crippen molar-refractivity contribution in [1.29, 1.82) is 0 Å². The number of carbonyl (C=O) groups excluding carboxylic acids is 3. The quantitative estimate of drug-likeness (QED) is 0.547. The molecule has 1 aromatic carbocycles. The fourth-order valence-corrected chi connectivity index (χ4v) is 2.08. The number of carbonyl (C=O) groups is 3. The average Bonchev–Trinajstić information content (AvgIpc) is 2.37. The highest BCUT2D eigenvalue weighted by Crippen LogP contribution is 2.19. The van der Waals surface area contributed by atoms with Crippen LogP contribution in [0.2, 0.25) is 0 Å². The second-order valence-corrected chi connectivity index (χ2v) is 4.84. The molecule has 6 N–H and O–H groups in total. The van der Waals surface area contributed by atoms with Crippen molar-refractivity contribution in [3.05, 3.63) is 35.9 Å². The third-order valence-electron chi connectivity index (χ3n) is 2.67. The van der Waals surface area contributed by atoms with Gasteiger partial charge in [-0.25, -0.2) is 0 Å². The first-order valence-corrected chi connectivity index (χ1v) is 6.43. The molecule has 0 saturated carbocycles. The van der Waals surface area contributed by atoms with Crippen molar-refractivity contribution in [2.24, 2.45) is 17.2 Å². The van der Waals surface area contributed by atoms with Crippen molar-refractivity contribution >= 4 is 34.9 Å². The molecule has 21 heavy (non-hydrogen) atoms. The largest absolute Gasteiger partial charge is 0.392 e. The molecule has 0 fully saturated rings. The molecule has 0 aliphatic rings. The van der Waals surface area contributed by atoms with E-state index >= 15 is 0 Å². The molecule has 3 amide bonds. The summed E-state index contributed by atoms with van der Waals surface area (Å²) in [6.07, 6.45) is 0. The number of hydrogen-bond acceptors (Lipinski definition) is 4. The van der Waals surface area contributed by atoms with Crippen LogP contribution in [-0.2, 0) is 14.4 Å². The predicted octanol–water partition coefficient (Wildman–Crippen LogP) is -1.14. The van der Waals surface area contributed by atoms with Crippen LogP contribution in [0.15, 0.2) is 30.3 Å². The van der Waals surface area contributed by atoms with E-state index in [1.165, 1.54) is 0 Å². The van der Waals surface area contributed by atoms with Gasteiger partial charge in [-0.2, -0.15) is 0 Å². The molecule has 7 nitrogen and oxygen atoms in total. The molecule has 1 unspecified atom stereocenters. The molecule has 0 aliphatic carbocycles. The lowest BCUT2D eigenvalue weighted by atomic mass is 9.97. The molecular weight excluding hydrogens is 292 g/mol. The molecule has 0 aliphatic heterocycles. The fraction of sp³-hybridized carbons (Fsp3) is 0.231. The molecule has 8 heteroatoms. The number of nitrogens with two attached hydrogens (primary N) is 3. The van der Waals surface area contributed by atoms with Gasteiger partial charge in [0.25, 0.3) is 0 Å². The number of thiocarbonyl (C=S) groups is 1. The molecule has 0 radical (unpaired) electrons. The minimum absolute atomic E-state index is 0.0647. The molecule has 0 spiro atoms. The molecule has 0 bridgehead atoms. The number of primary amides is 2. The molecule has 0 aromatic heterocycles. The number of amides is 3. The second kappa shape index (κ2) is 7.34. The molecule has 1 rings (SSSR count). The van der Waals surface area contributed by atoms with Crippen molar-refractivity contribution in [2.45, 2.75) is 5.92 Å². The summed E-state index contributed by atoms with van der Waals surface area (Å²) in [6, 6.07) is 8.57. The Hall–Kier alpha value is -2.48. The van der Waals surface area contributed by atoms with E-state index < -0.39 is 36.7 Å². The Morgan fingerprint density at radius 1 is 1.00 bits per heavy atom. The zero-order valence-electron chi connectivity index (χ0n) is 11.2. The van der Waals surface area contributed by atoms with E-state index in [0.29, 0.717) is 5.56 Å². The van der Waals surface area contributed by atoms with Crippen LogP contribution in [0.25, 0.3) is 0 Å². The Labute approximate surface area is 127 Å². The minimum Gasteiger partial charge on any atom is -0.392 e. The van der Waals surface area contributed by atoms with E-state index in [0.717, 1.165) is 4.90 Å². The van der Waals surface area contributed by atoms with Crippen molar-refractivity contribution < 1.29 is 14.4 Å². The Balaban J connectivity index is 3.10. The van der Waals surface area contributed by atoms with Crippen molar-refractivity contribution in [3.63, 3.8) is 0 Å². The van der Waals surface area contributed by atoms with Crippen LogP contribution in [-0.4, -0.2) is 40.7 Å². The minimum atomic E-state index is -0.945. The maximum absolute atomic E-state index is 12.5. The predicted molar refractivity (Wildman–Crippen MR) is 80.9 cm³/mol. The van der Waals surface area contributed by atoms with Gasteiger partial charge < -0.3 is 22.1 Å². The van der Waals surface area contributed by atoms with E-state index in [-0.39, 0.29) is 4.99 Å². The number of rotatable bonds is 7. The number of nitrogens with zero attached hydrogens (tertiary/aromatic N) is 1. The van der Waals surface area contributed by atoms with Crippen LogP contribution in [0.5, 0.6) is 0 Å². The summed E-state index contributed by atoms with van der Waals surface area (Å²) < 4.78 is 0. The van der Waals surface area contributed by atoms with Gasteiger partial charge in [0.05, 0.1) is 18.1 Å². The Kier molecular flexibility index (Phi) is 5.79. The van der Waals surface area contributed by atoms with Gasteiger partial charge >= 0.3 is 0 Å². The van der Waals surface area contributed by atoms with Crippen LogP contribution in [0.4, 0.5) is 0 Å². The second-order valence-electron chi connectivity index (χ2n) is 4.37.